The van der Waals surface area contributed by atoms with Gasteiger partial charge in [-0.3, -0.25) is 9.79 Å². The van der Waals surface area contributed by atoms with Gasteiger partial charge in [-0.25, -0.2) is 4.68 Å². The number of carbonyl (C=O) groups is 1. The van der Waals surface area contributed by atoms with Gasteiger partial charge in [0.15, 0.2) is 5.96 Å². The number of guanidine groups is 1. The molecule has 172 valence electrons. The van der Waals surface area contributed by atoms with Crippen LogP contribution in [0.15, 0.2) is 72.0 Å². The molecule has 3 aromatic rings. The molecule has 2 aromatic carbocycles. The smallest absolute Gasteiger partial charge is 0.223 e. The van der Waals surface area contributed by atoms with Crippen LogP contribution in [0.3, 0.4) is 0 Å². The van der Waals surface area contributed by atoms with Crippen molar-refractivity contribution in [2.75, 3.05) is 13.1 Å². The number of hydrogen-bond donors (Lipinski definition) is 2. The highest BCUT2D eigenvalue weighted by atomic mass is 16.2. The number of aliphatic imine (C=N–C) groups is 1. The Morgan fingerprint density at radius 3 is 2.61 bits per heavy atom. The zero-order valence-corrected chi connectivity index (χ0v) is 19.4. The predicted octanol–water partition coefficient (Wildman–Crippen LogP) is 3.81. The normalized spacial score (nSPS) is 14.1. The fourth-order valence-electron chi connectivity index (χ4n) is 4.06. The summed E-state index contributed by atoms with van der Waals surface area (Å²) in [6.07, 6.45) is 4.95. The van der Waals surface area contributed by atoms with Gasteiger partial charge in [-0.1, -0.05) is 36.4 Å². The molecule has 0 spiro atoms. The Hall–Kier alpha value is -3.61. The Balaban J connectivity index is 1.29. The first-order valence-electron chi connectivity index (χ1n) is 11.6. The highest BCUT2D eigenvalue weighted by Crippen LogP contribution is 2.23. The third-order valence-corrected chi connectivity index (χ3v) is 5.85. The van der Waals surface area contributed by atoms with Gasteiger partial charge in [-0.2, -0.15) is 5.10 Å². The molecule has 0 radical (unpaired) electrons. The van der Waals surface area contributed by atoms with Crippen LogP contribution in [0.1, 0.15) is 49.4 Å². The van der Waals surface area contributed by atoms with Crippen LogP contribution in [-0.4, -0.2) is 39.6 Å². The van der Waals surface area contributed by atoms with Gasteiger partial charge >= 0.3 is 0 Å². The molecule has 0 bridgehead atoms. The lowest BCUT2D eigenvalue weighted by atomic mass is 10.1. The highest BCUT2D eigenvalue weighted by Gasteiger charge is 2.22. The van der Waals surface area contributed by atoms with Crippen molar-refractivity contribution in [3.8, 4) is 5.69 Å². The Bertz CT molecular complexity index is 1070. The molecule has 1 amide bonds. The molecule has 0 saturated heterocycles. The standard InChI is InChI=1S/C26H32N6O/c1-3-27-26(30-20(2)21-11-6-12-24(17-21)32-16-8-15-29-32)28-14-7-13-25(33)31-18-22-9-4-5-10-23(22)19-31/h4-6,8-12,15-17,20H,3,7,13-14,18-19H2,1-2H3,(H2,27,28,30). The minimum Gasteiger partial charge on any atom is -0.357 e. The Kier molecular flexibility index (Phi) is 7.40. The summed E-state index contributed by atoms with van der Waals surface area (Å²) in [5, 5.41) is 11.1. The molecule has 4 rings (SSSR count). The van der Waals surface area contributed by atoms with E-state index in [-0.39, 0.29) is 11.9 Å². The maximum absolute atomic E-state index is 12.6. The van der Waals surface area contributed by atoms with Gasteiger partial charge in [0.2, 0.25) is 5.91 Å². The van der Waals surface area contributed by atoms with E-state index in [9.17, 15) is 4.79 Å². The molecule has 33 heavy (non-hydrogen) atoms. The number of benzene rings is 2. The SMILES string of the molecule is CCNC(=NCCCC(=O)N1Cc2ccccc2C1)NC(C)c1cccc(-n2cccn2)c1. The second-order valence-electron chi connectivity index (χ2n) is 8.29. The number of nitrogens with zero attached hydrogens (tertiary/aromatic N) is 4. The van der Waals surface area contributed by atoms with Gasteiger partial charge in [0, 0.05) is 45.0 Å². The lowest BCUT2D eigenvalue weighted by Crippen LogP contribution is -2.38. The molecule has 2 heterocycles. The molecule has 1 unspecified atom stereocenters. The van der Waals surface area contributed by atoms with Gasteiger partial charge < -0.3 is 15.5 Å². The monoisotopic (exact) mass is 444 g/mol. The average molecular weight is 445 g/mol. The van der Waals surface area contributed by atoms with E-state index in [0.29, 0.717) is 13.0 Å². The minimum absolute atomic E-state index is 0.0723. The maximum Gasteiger partial charge on any atom is 0.223 e. The van der Waals surface area contributed by atoms with E-state index in [1.165, 1.54) is 11.1 Å². The minimum atomic E-state index is 0.0723. The lowest BCUT2D eigenvalue weighted by molar-refractivity contribution is -0.131. The molecule has 0 fully saturated rings. The fraction of sp³-hybridized carbons (Fsp3) is 0.346. The number of carbonyl (C=O) groups excluding carboxylic acids is 1. The van der Waals surface area contributed by atoms with Crippen LogP contribution >= 0.6 is 0 Å². The number of rotatable bonds is 8. The Labute approximate surface area is 195 Å². The van der Waals surface area contributed by atoms with Gasteiger partial charge in [0.1, 0.15) is 0 Å². The van der Waals surface area contributed by atoms with Gasteiger partial charge in [-0.05, 0) is 55.2 Å². The van der Waals surface area contributed by atoms with E-state index in [1.807, 2.05) is 46.1 Å². The number of nitrogens with one attached hydrogen (secondary N) is 2. The van der Waals surface area contributed by atoms with Crippen LogP contribution in [0.5, 0.6) is 0 Å². The molecule has 1 aliphatic rings. The van der Waals surface area contributed by atoms with Crippen molar-refractivity contribution in [2.45, 2.75) is 45.8 Å². The maximum atomic E-state index is 12.6. The second kappa shape index (κ2) is 10.8. The van der Waals surface area contributed by atoms with E-state index in [1.54, 1.807) is 6.20 Å². The first kappa shape index (κ1) is 22.6. The summed E-state index contributed by atoms with van der Waals surface area (Å²) >= 11 is 0. The van der Waals surface area contributed by atoms with E-state index in [4.69, 9.17) is 4.99 Å². The molecule has 0 saturated carbocycles. The van der Waals surface area contributed by atoms with E-state index in [2.05, 4.69) is 53.8 Å². The summed E-state index contributed by atoms with van der Waals surface area (Å²) < 4.78 is 1.85. The molecule has 2 N–H and O–H groups in total. The molecule has 0 aliphatic carbocycles. The van der Waals surface area contributed by atoms with Gasteiger partial charge in [0.05, 0.1) is 11.7 Å². The molecular weight excluding hydrogens is 412 g/mol. The third kappa shape index (κ3) is 5.80. The third-order valence-electron chi connectivity index (χ3n) is 5.85. The van der Waals surface area contributed by atoms with E-state index < -0.39 is 0 Å². The lowest BCUT2D eigenvalue weighted by Gasteiger charge is -2.19. The Morgan fingerprint density at radius 1 is 1.12 bits per heavy atom. The van der Waals surface area contributed by atoms with Crippen LogP contribution < -0.4 is 10.6 Å². The van der Waals surface area contributed by atoms with Crippen LogP contribution in [0.25, 0.3) is 5.69 Å². The average Bonchev–Trinajstić information content (AvgIpc) is 3.52. The van der Waals surface area contributed by atoms with Crippen molar-refractivity contribution < 1.29 is 4.79 Å². The topological polar surface area (TPSA) is 74.6 Å². The quantitative estimate of drug-likeness (QED) is 0.315. The van der Waals surface area contributed by atoms with Crippen molar-refractivity contribution in [2.24, 2.45) is 4.99 Å². The number of aromatic nitrogens is 2. The highest BCUT2D eigenvalue weighted by molar-refractivity contribution is 5.80. The summed E-state index contributed by atoms with van der Waals surface area (Å²) in [4.78, 5) is 19.2. The number of amides is 1. The predicted molar refractivity (Wildman–Crippen MR) is 131 cm³/mol. The van der Waals surface area contributed by atoms with Gasteiger partial charge in [-0.15, -0.1) is 0 Å². The van der Waals surface area contributed by atoms with Crippen molar-refractivity contribution in [3.05, 3.63) is 83.7 Å². The molecule has 7 heteroatoms. The number of fused-ring (bicyclic) bond motifs is 1. The molecule has 1 atom stereocenters. The molecule has 1 aromatic heterocycles. The number of hydrogen-bond acceptors (Lipinski definition) is 3. The Morgan fingerprint density at radius 2 is 1.91 bits per heavy atom. The molecular formula is C26H32N6O. The largest absolute Gasteiger partial charge is 0.357 e. The summed E-state index contributed by atoms with van der Waals surface area (Å²) in [5.41, 5.74) is 4.69. The summed E-state index contributed by atoms with van der Waals surface area (Å²) in [6, 6.07) is 18.6. The first-order valence-corrected chi connectivity index (χ1v) is 11.6. The van der Waals surface area contributed by atoms with Crippen LogP contribution in [0.4, 0.5) is 0 Å². The fourth-order valence-corrected chi connectivity index (χ4v) is 4.06. The summed E-state index contributed by atoms with van der Waals surface area (Å²) in [6.45, 7) is 6.98. The van der Waals surface area contributed by atoms with Crippen molar-refractivity contribution in [3.63, 3.8) is 0 Å². The zero-order valence-electron chi connectivity index (χ0n) is 19.4. The van der Waals surface area contributed by atoms with Crippen LogP contribution in [0.2, 0.25) is 0 Å². The molecule has 1 aliphatic heterocycles. The van der Waals surface area contributed by atoms with E-state index >= 15 is 0 Å². The van der Waals surface area contributed by atoms with E-state index in [0.717, 1.165) is 43.3 Å². The first-order chi connectivity index (χ1) is 16.1. The van der Waals surface area contributed by atoms with Crippen LogP contribution in [0, 0.1) is 0 Å². The summed E-state index contributed by atoms with van der Waals surface area (Å²) in [5.74, 6) is 0.957. The molecule has 7 nitrogen and oxygen atoms in total. The van der Waals surface area contributed by atoms with Crippen molar-refractivity contribution in [1.29, 1.82) is 0 Å². The van der Waals surface area contributed by atoms with Crippen LogP contribution in [-0.2, 0) is 17.9 Å². The second-order valence-corrected chi connectivity index (χ2v) is 8.29. The van der Waals surface area contributed by atoms with Crippen molar-refractivity contribution >= 4 is 11.9 Å². The van der Waals surface area contributed by atoms with Crippen molar-refractivity contribution in [1.82, 2.24) is 25.3 Å². The van der Waals surface area contributed by atoms with Gasteiger partial charge in [0.25, 0.3) is 0 Å². The zero-order chi connectivity index (χ0) is 23.0. The summed E-state index contributed by atoms with van der Waals surface area (Å²) in [7, 11) is 0.